The highest BCUT2D eigenvalue weighted by Gasteiger charge is 2.20. The first-order chi connectivity index (χ1) is 15.5. The second-order valence-corrected chi connectivity index (χ2v) is 6.91. The van der Waals surface area contributed by atoms with Crippen molar-refractivity contribution in [3.05, 3.63) is 89.9 Å². The third kappa shape index (κ3) is 4.46. The second kappa shape index (κ2) is 9.09. The molecule has 2 aromatic carbocycles. The highest BCUT2D eigenvalue weighted by molar-refractivity contribution is 6.02. The Morgan fingerprint density at radius 2 is 1.53 bits per heavy atom. The molecule has 0 saturated carbocycles. The molecule has 2 aromatic heterocycles. The van der Waals surface area contributed by atoms with Crippen LogP contribution in [0.25, 0.3) is 16.9 Å². The van der Waals surface area contributed by atoms with Crippen molar-refractivity contribution in [1.29, 1.82) is 0 Å². The Morgan fingerprint density at radius 3 is 2.22 bits per heavy atom. The molecule has 2 amide bonds. The fourth-order valence-electron chi connectivity index (χ4n) is 3.10. The Morgan fingerprint density at radius 1 is 0.875 bits per heavy atom. The maximum atomic E-state index is 13.0. The molecular formula is C23H21N7O2. The number of aryl methyl sites for hydroxylation is 1. The average Bonchev–Trinajstić information content (AvgIpc) is 3.28. The van der Waals surface area contributed by atoms with E-state index >= 15 is 0 Å². The van der Waals surface area contributed by atoms with Crippen molar-refractivity contribution < 1.29 is 9.59 Å². The van der Waals surface area contributed by atoms with Crippen molar-refractivity contribution in [2.45, 2.75) is 6.92 Å². The molecule has 0 atom stereocenters. The van der Waals surface area contributed by atoms with Crippen LogP contribution in [0.4, 0.5) is 5.95 Å². The molecule has 0 aliphatic rings. The molecule has 0 radical (unpaired) electrons. The maximum Gasteiger partial charge on any atom is 0.288 e. The molecule has 2 heterocycles. The zero-order valence-corrected chi connectivity index (χ0v) is 17.5. The molecule has 32 heavy (non-hydrogen) atoms. The minimum Gasteiger partial charge on any atom is -0.357 e. The topological polar surface area (TPSA) is 114 Å². The summed E-state index contributed by atoms with van der Waals surface area (Å²) in [6, 6.07) is 20.4. The number of benzene rings is 2. The van der Waals surface area contributed by atoms with Gasteiger partial charge in [0.2, 0.25) is 5.95 Å². The van der Waals surface area contributed by atoms with Crippen molar-refractivity contribution in [2.75, 3.05) is 12.4 Å². The molecule has 0 aliphatic heterocycles. The number of carbonyl (C=O) groups excluding carboxylic acids is 2. The summed E-state index contributed by atoms with van der Waals surface area (Å²) in [7, 11) is 1.66. The van der Waals surface area contributed by atoms with Crippen molar-refractivity contribution >= 4 is 17.8 Å². The molecule has 160 valence electrons. The molecule has 0 saturated heterocycles. The highest BCUT2D eigenvalue weighted by atomic mass is 16.2. The Balaban J connectivity index is 1.59. The van der Waals surface area contributed by atoms with E-state index in [2.05, 4.69) is 31.2 Å². The van der Waals surface area contributed by atoms with Crippen LogP contribution in [-0.4, -0.2) is 38.6 Å². The van der Waals surface area contributed by atoms with E-state index < -0.39 is 11.8 Å². The van der Waals surface area contributed by atoms with Crippen molar-refractivity contribution in [3.8, 4) is 16.9 Å². The van der Waals surface area contributed by atoms with E-state index in [0.29, 0.717) is 22.9 Å². The van der Waals surface area contributed by atoms with Crippen LogP contribution in [0.15, 0.2) is 72.9 Å². The molecule has 9 heteroatoms. The number of nitrogens with zero attached hydrogens (tertiary/aromatic N) is 4. The third-order valence-electron chi connectivity index (χ3n) is 4.63. The van der Waals surface area contributed by atoms with Gasteiger partial charge in [0, 0.05) is 24.5 Å². The van der Waals surface area contributed by atoms with Gasteiger partial charge in [-0.1, -0.05) is 48.5 Å². The van der Waals surface area contributed by atoms with E-state index in [9.17, 15) is 9.59 Å². The van der Waals surface area contributed by atoms with Gasteiger partial charge in [-0.2, -0.15) is 5.10 Å². The van der Waals surface area contributed by atoms with E-state index in [1.54, 1.807) is 24.9 Å². The van der Waals surface area contributed by atoms with E-state index in [-0.39, 0.29) is 5.69 Å². The van der Waals surface area contributed by atoms with Gasteiger partial charge < -0.3 is 5.32 Å². The molecule has 0 spiro atoms. The normalized spacial score (nSPS) is 10.4. The first-order valence-electron chi connectivity index (χ1n) is 9.90. The Bertz CT molecular complexity index is 1250. The maximum absolute atomic E-state index is 13.0. The molecule has 4 rings (SSSR count). The summed E-state index contributed by atoms with van der Waals surface area (Å²) in [6.07, 6.45) is 1.63. The predicted molar refractivity (Wildman–Crippen MR) is 120 cm³/mol. The van der Waals surface area contributed by atoms with Crippen molar-refractivity contribution in [1.82, 2.24) is 30.6 Å². The lowest BCUT2D eigenvalue weighted by Gasteiger charge is -2.08. The molecule has 0 aliphatic carbocycles. The summed E-state index contributed by atoms with van der Waals surface area (Å²) in [4.78, 5) is 33.8. The van der Waals surface area contributed by atoms with Crippen LogP contribution in [0.2, 0.25) is 0 Å². The van der Waals surface area contributed by atoms with Gasteiger partial charge in [0.25, 0.3) is 11.8 Å². The summed E-state index contributed by atoms with van der Waals surface area (Å²) >= 11 is 0. The summed E-state index contributed by atoms with van der Waals surface area (Å²) in [6.45, 7) is 1.75. The van der Waals surface area contributed by atoms with Crippen molar-refractivity contribution in [3.63, 3.8) is 0 Å². The highest BCUT2D eigenvalue weighted by Crippen LogP contribution is 2.23. The number of nitrogens with one attached hydrogen (secondary N) is 3. The summed E-state index contributed by atoms with van der Waals surface area (Å²) in [5.41, 5.74) is 8.02. The van der Waals surface area contributed by atoms with E-state index in [0.717, 1.165) is 11.3 Å². The SMILES string of the molecule is CNc1nc(C)cc(C(=O)NNC(=O)c2cn(-c3ccccc3)nc2-c2ccccc2)n1. The smallest absolute Gasteiger partial charge is 0.288 e. The van der Waals surface area contributed by atoms with Gasteiger partial charge in [-0.3, -0.25) is 20.4 Å². The minimum absolute atomic E-state index is 0.130. The molecular weight excluding hydrogens is 406 g/mol. The number of aromatic nitrogens is 4. The van der Waals surface area contributed by atoms with Crippen LogP contribution in [0.5, 0.6) is 0 Å². The van der Waals surface area contributed by atoms with Gasteiger partial charge in [-0.15, -0.1) is 0 Å². The van der Waals surface area contributed by atoms with Gasteiger partial charge in [0.05, 0.1) is 11.3 Å². The Labute approximate surface area is 184 Å². The largest absolute Gasteiger partial charge is 0.357 e. The lowest BCUT2D eigenvalue weighted by Crippen LogP contribution is -2.42. The third-order valence-corrected chi connectivity index (χ3v) is 4.63. The fraction of sp³-hybridized carbons (Fsp3) is 0.0870. The first kappa shape index (κ1) is 20.7. The van der Waals surface area contributed by atoms with Crippen LogP contribution >= 0.6 is 0 Å². The molecule has 0 bridgehead atoms. The van der Waals surface area contributed by atoms with Crippen LogP contribution in [0, 0.1) is 6.92 Å². The number of anilines is 1. The van der Waals surface area contributed by atoms with Crippen LogP contribution in [0.1, 0.15) is 26.5 Å². The lowest BCUT2D eigenvalue weighted by molar-refractivity contribution is 0.0844. The Kier molecular flexibility index (Phi) is 5.89. The van der Waals surface area contributed by atoms with Crippen LogP contribution in [0.3, 0.4) is 0 Å². The molecule has 0 unspecified atom stereocenters. The van der Waals surface area contributed by atoms with Gasteiger partial charge >= 0.3 is 0 Å². The zero-order valence-electron chi connectivity index (χ0n) is 17.5. The quantitative estimate of drug-likeness (QED) is 0.422. The molecule has 3 N–H and O–H groups in total. The number of hydrazine groups is 1. The number of para-hydroxylation sites is 1. The number of amides is 2. The van der Waals surface area contributed by atoms with Crippen LogP contribution < -0.4 is 16.2 Å². The fourth-order valence-corrected chi connectivity index (χ4v) is 3.10. The van der Waals surface area contributed by atoms with E-state index in [4.69, 9.17) is 0 Å². The van der Waals surface area contributed by atoms with E-state index in [1.807, 2.05) is 60.7 Å². The number of rotatable bonds is 5. The van der Waals surface area contributed by atoms with Gasteiger partial charge in [0.15, 0.2) is 0 Å². The molecule has 0 fully saturated rings. The summed E-state index contributed by atoms with van der Waals surface area (Å²) in [5.74, 6) is -0.743. The van der Waals surface area contributed by atoms with Gasteiger partial charge in [-0.25, -0.2) is 14.6 Å². The summed E-state index contributed by atoms with van der Waals surface area (Å²) < 4.78 is 1.63. The predicted octanol–water partition coefficient (Wildman–Crippen LogP) is 2.75. The number of hydrogen-bond acceptors (Lipinski definition) is 6. The number of hydrogen-bond donors (Lipinski definition) is 3. The summed E-state index contributed by atoms with van der Waals surface area (Å²) in [5, 5.41) is 7.40. The first-order valence-corrected chi connectivity index (χ1v) is 9.90. The Hall–Kier alpha value is -4.53. The van der Waals surface area contributed by atoms with Gasteiger partial charge in [-0.05, 0) is 25.1 Å². The van der Waals surface area contributed by atoms with Gasteiger partial charge in [0.1, 0.15) is 11.4 Å². The standard InChI is InChI=1S/C23H21N7O2/c1-15-13-19(26-23(24-2)25-15)22(32)28-27-21(31)18-14-30(17-11-7-4-8-12-17)29-20(18)16-9-5-3-6-10-16/h3-14H,1-2H3,(H,27,31)(H,28,32)(H,24,25,26). The zero-order chi connectivity index (χ0) is 22.5. The number of carbonyl (C=O) groups is 2. The van der Waals surface area contributed by atoms with E-state index in [1.165, 1.54) is 6.07 Å². The monoisotopic (exact) mass is 427 g/mol. The van der Waals surface area contributed by atoms with Crippen LogP contribution in [-0.2, 0) is 0 Å². The lowest BCUT2D eigenvalue weighted by atomic mass is 10.1. The minimum atomic E-state index is -0.558. The van der Waals surface area contributed by atoms with Crippen molar-refractivity contribution in [2.24, 2.45) is 0 Å². The molecule has 4 aromatic rings. The molecule has 9 nitrogen and oxygen atoms in total. The average molecular weight is 427 g/mol. The second-order valence-electron chi connectivity index (χ2n) is 6.91.